The van der Waals surface area contributed by atoms with Crippen LogP contribution in [-0.4, -0.2) is 19.5 Å². The lowest BCUT2D eigenvalue weighted by Crippen LogP contribution is -2.04. The molecule has 0 aliphatic carbocycles. The lowest BCUT2D eigenvalue weighted by Gasteiger charge is -2.21. The quantitative estimate of drug-likeness (QED) is 0.156. The van der Waals surface area contributed by atoms with Crippen molar-refractivity contribution in [3.63, 3.8) is 0 Å². The molecule has 0 saturated carbocycles. The number of hydrogen-bond donors (Lipinski definition) is 0. The van der Waals surface area contributed by atoms with E-state index in [-0.39, 0.29) is 0 Å². The summed E-state index contributed by atoms with van der Waals surface area (Å²) in [6, 6.07) is 67.6. The van der Waals surface area contributed by atoms with Crippen molar-refractivity contribution < 1.29 is 0 Å². The van der Waals surface area contributed by atoms with Crippen LogP contribution in [0, 0.1) is 45.3 Å². The molecule has 0 amide bonds. The molecule has 10 rings (SSSR count). The van der Waals surface area contributed by atoms with E-state index in [0.717, 1.165) is 77.6 Å². The summed E-state index contributed by atoms with van der Waals surface area (Å²) in [5.41, 5.74) is 12.1. The summed E-state index contributed by atoms with van der Waals surface area (Å²) in [5.74, 6) is 1.54. The fourth-order valence-corrected chi connectivity index (χ4v) is 8.17. The molecule has 2 heterocycles. The van der Waals surface area contributed by atoms with Crippen LogP contribution in [0.4, 0.5) is 0 Å². The van der Waals surface area contributed by atoms with Crippen LogP contribution in [0.2, 0.25) is 0 Å². The zero-order chi connectivity index (χ0) is 42.9. The fourth-order valence-electron chi connectivity index (χ4n) is 8.17. The third-order valence-corrected chi connectivity index (χ3v) is 11.2. The molecule has 0 bridgehead atoms. The number of nitriles is 4. The summed E-state index contributed by atoms with van der Waals surface area (Å²) >= 11 is 0. The Labute approximate surface area is 362 Å². The number of fused-ring (bicyclic) bond motifs is 3. The highest BCUT2D eigenvalue weighted by Gasteiger charge is 2.24. The Hall–Kier alpha value is -9.47. The zero-order valence-electron chi connectivity index (χ0n) is 33.4. The van der Waals surface area contributed by atoms with Crippen LogP contribution in [0.1, 0.15) is 22.3 Å². The van der Waals surface area contributed by atoms with Gasteiger partial charge in [0.15, 0.2) is 17.5 Å². The molecule has 0 aliphatic heterocycles. The van der Waals surface area contributed by atoms with Crippen molar-refractivity contribution in [3.8, 4) is 97.5 Å². The molecule has 0 spiro atoms. The van der Waals surface area contributed by atoms with Gasteiger partial charge in [-0.1, -0.05) is 115 Å². The number of rotatable bonds is 7. The molecule has 0 unspecified atom stereocenters. The fraction of sp³-hybridized carbons (Fsp3) is 0. The van der Waals surface area contributed by atoms with E-state index in [1.807, 2.05) is 133 Å². The maximum absolute atomic E-state index is 10.1. The predicted molar refractivity (Wildman–Crippen MR) is 246 cm³/mol. The van der Waals surface area contributed by atoms with E-state index in [1.165, 1.54) is 0 Å². The van der Waals surface area contributed by atoms with Gasteiger partial charge in [0.05, 0.1) is 63.3 Å². The Morgan fingerprint density at radius 3 is 1.35 bits per heavy atom. The molecule has 0 N–H and O–H groups in total. The van der Waals surface area contributed by atoms with Gasteiger partial charge in [-0.2, -0.15) is 21.0 Å². The van der Waals surface area contributed by atoms with Gasteiger partial charge in [-0.25, -0.2) is 15.0 Å². The van der Waals surface area contributed by atoms with Crippen molar-refractivity contribution in [2.45, 2.75) is 0 Å². The van der Waals surface area contributed by atoms with Crippen molar-refractivity contribution in [1.29, 1.82) is 21.0 Å². The Morgan fingerprint density at radius 1 is 0.333 bits per heavy atom. The molecule has 0 fully saturated rings. The Kier molecular flexibility index (Phi) is 9.56. The van der Waals surface area contributed by atoms with Gasteiger partial charge >= 0.3 is 0 Å². The maximum atomic E-state index is 10.1. The molecule has 63 heavy (non-hydrogen) atoms. The second kappa shape index (κ2) is 15.9. The van der Waals surface area contributed by atoms with Crippen LogP contribution in [0.25, 0.3) is 95.0 Å². The van der Waals surface area contributed by atoms with Gasteiger partial charge in [-0.05, 0) is 89.0 Å². The normalized spacial score (nSPS) is 10.8. The smallest absolute Gasteiger partial charge is 0.164 e. The van der Waals surface area contributed by atoms with Gasteiger partial charge in [-0.15, -0.1) is 0 Å². The lowest BCUT2D eigenvalue weighted by molar-refractivity contribution is 1.07. The van der Waals surface area contributed by atoms with Crippen molar-refractivity contribution in [1.82, 2.24) is 19.5 Å². The van der Waals surface area contributed by atoms with Gasteiger partial charge < -0.3 is 4.57 Å². The van der Waals surface area contributed by atoms with Gasteiger partial charge in [0, 0.05) is 38.6 Å². The lowest BCUT2D eigenvalue weighted by atomic mass is 9.91. The van der Waals surface area contributed by atoms with Crippen molar-refractivity contribution in [2.24, 2.45) is 0 Å². The molecule has 8 aromatic carbocycles. The molecule has 290 valence electrons. The van der Waals surface area contributed by atoms with Crippen molar-refractivity contribution in [2.75, 3.05) is 0 Å². The maximum Gasteiger partial charge on any atom is 0.164 e. The monoisotopic (exact) mass is 802 g/mol. The molecule has 0 saturated heterocycles. The minimum atomic E-state index is 0.420. The summed E-state index contributed by atoms with van der Waals surface area (Å²) < 4.78 is 2.27. The van der Waals surface area contributed by atoms with Crippen LogP contribution in [0.3, 0.4) is 0 Å². The molecule has 0 atom stereocenters. The third-order valence-electron chi connectivity index (χ3n) is 11.2. The predicted octanol–water partition coefficient (Wildman–Crippen LogP) is 12.5. The molecule has 8 nitrogen and oxygen atoms in total. The summed E-state index contributed by atoms with van der Waals surface area (Å²) in [6.07, 6.45) is 0. The molecule has 10 aromatic rings. The van der Waals surface area contributed by atoms with Crippen LogP contribution in [0.15, 0.2) is 182 Å². The van der Waals surface area contributed by atoms with Crippen molar-refractivity contribution >= 4 is 21.8 Å². The standard InChI is InChI=1S/C55H30N8/c56-31-35-15-20-38(21-16-35)47-29-43(55-61-53(40-9-3-1-4-10-40)60-54(62-55)41-11-5-2-6-12-41)30-48(39-22-17-36(32-57)18-23-39)52(47)63-50-14-8-7-13-46(50)49-28-42(24-26-51(49)63)45-25-19-37(33-58)27-44(45)34-59/h1-30H. The van der Waals surface area contributed by atoms with E-state index >= 15 is 0 Å². The first-order valence-corrected chi connectivity index (χ1v) is 20.1. The Morgan fingerprint density at radius 2 is 0.810 bits per heavy atom. The molecule has 0 aliphatic rings. The topological polar surface area (TPSA) is 139 Å². The van der Waals surface area contributed by atoms with Crippen LogP contribution in [0.5, 0.6) is 0 Å². The number of nitrogens with zero attached hydrogens (tertiary/aromatic N) is 8. The molecule has 8 heteroatoms. The summed E-state index contributed by atoms with van der Waals surface area (Å²) in [4.78, 5) is 15.2. The highest BCUT2D eigenvalue weighted by atomic mass is 15.0. The Balaban J connectivity index is 1.31. The van der Waals surface area contributed by atoms with Crippen LogP contribution < -0.4 is 0 Å². The molecule has 0 radical (unpaired) electrons. The number of para-hydroxylation sites is 1. The zero-order valence-corrected chi connectivity index (χ0v) is 33.4. The highest BCUT2D eigenvalue weighted by Crippen LogP contribution is 2.44. The average Bonchev–Trinajstić information content (AvgIpc) is 3.69. The van der Waals surface area contributed by atoms with Gasteiger partial charge in [0.25, 0.3) is 0 Å². The first-order valence-electron chi connectivity index (χ1n) is 20.1. The second-order valence-corrected chi connectivity index (χ2v) is 14.9. The minimum absolute atomic E-state index is 0.420. The van der Waals surface area contributed by atoms with E-state index in [9.17, 15) is 21.0 Å². The second-order valence-electron chi connectivity index (χ2n) is 14.9. The third kappa shape index (κ3) is 6.89. The summed E-state index contributed by atoms with van der Waals surface area (Å²) in [5, 5.41) is 41.3. The van der Waals surface area contributed by atoms with Crippen molar-refractivity contribution in [3.05, 3.63) is 204 Å². The van der Waals surface area contributed by atoms with Gasteiger partial charge in [0.1, 0.15) is 0 Å². The van der Waals surface area contributed by atoms with E-state index in [1.54, 1.807) is 12.1 Å². The number of aromatic nitrogens is 4. The molecular formula is C55H30N8. The first-order chi connectivity index (χ1) is 31.0. The van der Waals surface area contributed by atoms with Gasteiger partial charge in [0.2, 0.25) is 0 Å². The van der Waals surface area contributed by atoms with Crippen LogP contribution in [-0.2, 0) is 0 Å². The van der Waals surface area contributed by atoms with Gasteiger partial charge in [-0.3, -0.25) is 0 Å². The highest BCUT2D eigenvalue weighted by molar-refractivity contribution is 6.12. The average molecular weight is 803 g/mol. The first kappa shape index (κ1) is 37.8. The van der Waals surface area contributed by atoms with E-state index < -0.39 is 0 Å². The minimum Gasteiger partial charge on any atom is -0.308 e. The Bertz CT molecular complexity index is 3450. The number of hydrogen-bond acceptors (Lipinski definition) is 7. The SMILES string of the molecule is N#Cc1ccc(-c2cc(-c3nc(-c4ccccc4)nc(-c4ccccc4)n3)cc(-c3ccc(C#N)cc3)c2-n2c3ccccc3c3cc(-c4ccc(C#N)cc4C#N)ccc32)cc1. The van der Waals surface area contributed by atoms with E-state index in [0.29, 0.717) is 39.7 Å². The summed E-state index contributed by atoms with van der Waals surface area (Å²) in [6.45, 7) is 0. The largest absolute Gasteiger partial charge is 0.308 e. The van der Waals surface area contributed by atoms with Crippen LogP contribution >= 0.6 is 0 Å². The number of benzene rings is 8. The molecule has 2 aromatic heterocycles. The summed E-state index contributed by atoms with van der Waals surface area (Å²) in [7, 11) is 0. The molecular weight excluding hydrogens is 773 g/mol. The van der Waals surface area contributed by atoms with E-state index in [2.05, 4.69) is 65.2 Å². The van der Waals surface area contributed by atoms with E-state index in [4.69, 9.17) is 15.0 Å².